The van der Waals surface area contributed by atoms with Crippen molar-refractivity contribution in [1.82, 2.24) is 0 Å². The highest BCUT2D eigenvalue weighted by molar-refractivity contribution is 5.95. The molecular weight excluding hydrogens is 216 g/mol. The molecule has 17 heavy (non-hydrogen) atoms. The summed E-state index contributed by atoms with van der Waals surface area (Å²) < 4.78 is 10.6. The average molecular weight is 232 g/mol. The highest BCUT2D eigenvalue weighted by atomic mass is 16.5. The molecule has 0 radical (unpaired) electrons. The zero-order valence-corrected chi connectivity index (χ0v) is 10.3. The van der Waals surface area contributed by atoms with E-state index < -0.39 is 0 Å². The molecule has 0 N–H and O–H groups in total. The molecule has 1 unspecified atom stereocenters. The summed E-state index contributed by atoms with van der Waals surface area (Å²) in [4.78, 5) is 11.6. The lowest BCUT2D eigenvalue weighted by molar-refractivity contribution is -0.113. The van der Waals surface area contributed by atoms with Gasteiger partial charge >= 0.3 is 0 Å². The van der Waals surface area contributed by atoms with E-state index in [0.29, 0.717) is 6.61 Å². The summed E-state index contributed by atoms with van der Waals surface area (Å²) in [7, 11) is 1.64. The predicted molar refractivity (Wildman–Crippen MR) is 65.1 cm³/mol. The van der Waals surface area contributed by atoms with Gasteiger partial charge in [0.25, 0.3) is 0 Å². The molecule has 1 atom stereocenters. The summed E-state index contributed by atoms with van der Waals surface area (Å²) in [5.41, 5.74) is 1.88. The second-order valence-electron chi connectivity index (χ2n) is 4.16. The van der Waals surface area contributed by atoms with Crippen LogP contribution in [0.1, 0.15) is 25.3 Å². The Morgan fingerprint density at radius 3 is 2.53 bits per heavy atom. The largest absolute Gasteiger partial charge is 0.497 e. The quantitative estimate of drug-likeness (QED) is 0.803. The SMILES string of the molecule is COc1ccc(C2COC(C)=C2C(C)=O)cc1. The number of rotatable bonds is 3. The van der Waals surface area contributed by atoms with E-state index in [-0.39, 0.29) is 11.7 Å². The number of hydrogen-bond acceptors (Lipinski definition) is 3. The lowest BCUT2D eigenvalue weighted by Gasteiger charge is -2.11. The van der Waals surface area contributed by atoms with E-state index in [1.54, 1.807) is 14.0 Å². The Hall–Kier alpha value is -1.77. The number of hydrogen-bond donors (Lipinski definition) is 0. The van der Waals surface area contributed by atoms with Gasteiger partial charge in [-0.15, -0.1) is 0 Å². The zero-order valence-electron chi connectivity index (χ0n) is 10.3. The van der Waals surface area contributed by atoms with Crippen LogP contribution in [-0.4, -0.2) is 19.5 Å². The van der Waals surface area contributed by atoms with Gasteiger partial charge in [-0.25, -0.2) is 0 Å². The van der Waals surface area contributed by atoms with E-state index in [1.807, 2.05) is 31.2 Å². The molecule has 1 aromatic carbocycles. The van der Waals surface area contributed by atoms with E-state index in [1.165, 1.54) is 0 Å². The maximum atomic E-state index is 11.6. The van der Waals surface area contributed by atoms with Crippen molar-refractivity contribution in [1.29, 1.82) is 0 Å². The Kier molecular flexibility index (Phi) is 3.18. The average Bonchev–Trinajstić information content (AvgIpc) is 2.71. The maximum absolute atomic E-state index is 11.6. The normalized spacial score (nSPS) is 19.1. The molecule has 2 rings (SSSR count). The fourth-order valence-electron chi connectivity index (χ4n) is 2.21. The summed E-state index contributed by atoms with van der Waals surface area (Å²) in [6.07, 6.45) is 0. The van der Waals surface area contributed by atoms with Crippen molar-refractivity contribution >= 4 is 5.78 Å². The van der Waals surface area contributed by atoms with Gasteiger partial charge in [0.15, 0.2) is 5.78 Å². The molecule has 0 saturated carbocycles. The molecule has 1 heterocycles. The summed E-state index contributed by atoms with van der Waals surface area (Å²) in [6, 6.07) is 7.77. The van der Waals surface area contributed by atoms with Gasteiger partial charge in [-0.2, -0.15) is 0 Å². The Bertz CT molecular complexity index is 457. The van der Waals surface area contributed by atoms with Gasteiger partial charge in [-0.1, -0.05) is 12.1 Å². The van der Waals surface area contributed by atoms with Gasteiger partial charge < -0.3 is 9.47 Å². The van der Waals surface area contributed by atoms with Crippen LogP contribution in [0.15, 0.2) is 35.6 Å². The molecular formula is C14H16O3. The Balaban J connectivity index is 2.31. The molecule has 0 fully saturated rings. The first kappa shape index (κ1) is 11.7. The van der Waals surface area contributed by atoms with Crippen molar-refractivity contribution in [2.45, 2.75) is 19.8 Å². The summed E-state index contributed by atoms with van der Waals surface area (Å²) in [5, 5.41) is 0. The van der Waals surface area contributed by atoms with Gasteiger partial charge in [0, 0.05) is 11.5 Å². The van der Waals surface area contributed by atoms with E-state index in [9.17, 15) is 4.79 Å². The third kappa shape index (κ3) is 2.18. The fourth-order valence-corrected chi connectivity index (χ4v) is 2.21. The van der Waals surface area contributed by atoms with Crippen molar-refractivity contribution in [3.63, 3.8) is 0 Å². The van der Waals surface area contributed by atoms with Crippen molar-refractivity contribution < 1.29 is 14.3 Å². The molecule has 1 aromatic rings. The van der Waals surface area contributed by atoms with Gasteiger partial charge in [0.05, 0.1) is 13.7 Å². The number of benzene rings is 1. The second-order valence-corrected chi connectivity index (χ2v) is 4.16. The number of allylic oxidation sites excluding steroid dienone is 1. The topological polar surface area (TPSA) is 35.5 Å². The molecule has 0 amide bonds. The van der Waals surface area contributed by atoms with Gasteiger partial charge in [0.1, 0.15) is 11.5 Å². The van der Waals surface area contributed by atoms with Gasteiger partial charge in [-0.3, -0.25) is 4.79 Å². The second kappa shape index (κ2) is 4.62. The molecule has 0 bridgehead atoms. The minimum absolute atomic E-state index is 0.0541. The van der Waals surface area contributed by atoms with Crippen molar-refractivity contribution in [3.05, 3.63) is 41.2 Å². The summed E-state index contributed by atoms with van der Waals surface area (Å²) in [6.45, 7) is 3.98. The number of methoxy groups -OCH3 is 1. The van der Waals surface area contributed by atoms with Gasteiger partial charge in [-0.05, 0) is 31.5 Å². The van der Waals surface area contributed by atoms with Crippen LogP contribution in [0.3, 0.4) is 0 Å². The first-order valence-electron chi connectivity index (χ1n) is 5.62. The molecule has 1 aliphatic rings. The molecule has 0 saturated heterocycles. The first-order chi connectivity index (χ1) is 8.13. The Labute approximate surface area is 101 Å². The standard InChI is InChI=1S/C14H16O3/c1-9(15)14-10(2)17-8-13(14)11-4-6-12(16-3)7-5-11/h4-7,13H,8H2,1-3H3. The van der Waals surface area contributed by atoms with Crippen molar-refractivity contribution in [2.75, 3.05) is 13.7 Å². The van der Waals surface area contributed by atoms with Crippen molar-refractivity contribution in [3.8, 4) is 5.75 Å². The molecule has 0 aromatic heterocycles. The molecule has 3 nitrogen and oxygen atoms in total. The highest BCUT2D eigenvalue weighted by Gasteiger charge is 2.29. The van der Waals surface area contributed by atoms with E-state index in [2.05, 4.69) is 0 Å². The van der Waals surface area contributed by atoms with Gasteiger partial charge in [0.2, 0.25) is 0 Å². The molecule has 3 heteroatoms. The third-order valence-corrected chi connectivity index (χ3v) is 3.09. The van der Waals surface area contributed by atoms with E-state index >= 15 is 0 Å². The van der Waals surface area contributed by atoms with Crippen LogP contribution in [0.25, 0.3) is 0 Å². The molecule has 0 spiro atoms. The van der Waals surface area contributed by atoms with E-state index in [0.717, 1.165) is 22.6 Å². The zero-order chi connectivity index (χ0) is 12.4. The lowest BCUT2D eigenvalue weighted by atomic mass is 9.90. The minimum atomic E-state index is 0.0541. The van der Waals surface area contributed by atoms with Crippen molar-refractivity contribution in [2.24, 2.45) is 0 Å². The third-order valence-electron chi connectivity index (χ3n) is 3.09. The predicted octanol–water partition coefficient (Wildman–Crippen LogP) is 2.67. The summed E-state index contributed by atoms with van der Waals surface area (Å²) in [5.74, 6) is 1.70. The van der Waals surface area contributed by atoms with Crippen LogP contribution < -0.4 is 4.74 Å². The molecule has 0 aliphatic carbocycles. The van der Waals surface area contributed by atoms with Crippen LogP contribution in [-0.2, 0) is 9.53 Å². The monoisotopic (exact) mass is 232 g/mol. The van der Waals surface area contributed by atoms with Crippen LogP contribution in [0.5, 0.6) is 5.75 Å². The van der Waals surface area contributed by atoms with E-state index in [4.69, 9.17) is 9.47 Å². The minimum Gasteiger partial charge on any atom is -0.497 e. The first-order valence-corrected chi connectivity index (χ1v) is 5.62. The number of carbonyl (C=O) groups is 1. The van der Waals surface area contributed by atoms with Crippen LogP contribution in [0.4, 0.5) is 0 Å². The Morgan fingerprint density at radius 2 is 2.00 bits per heavy atom. The lowest BCUT2D eigenvalue weighted by Crippen LogP contribution is -2.08. The Morgan fingerprint density at radius 1 is 1.35 bits per heavy atom. The number of Topliss-reactive ketones (excluding diaryl/α,β-unsaturated/α-hetero) is 1. The molecule has 90 valence electrons. The fraction of sp³-hybridized carbons (Fsp3) is 0.357. The number of carbonyl (C=O) groups excluding carboxylic acids is 1. The molecule has 1 aliphatic heterocycles. The summed E-state index contributed by atoms with van der Waals surface area (Å²) >= 11 is 0. The smallest absolute Gasteiger partial charge is 0.159 e. The highest BCUT2D eigenvalue weighted by Crippen LogP contribution is 2.34. The van der Waals surface area contributed by atoms with Crippen LogP contribution >= 0.6 is 0 Å². The number of ether oxygens (including phenoxy) is 2. The maximum Gasteiger partial charge on any atom is 0.159 e. The van der Waals surface area contributed by atoms with Crippen LogP contribution in [0.2, 0.25) is 0 Å². The van der Waals surface area contributed by atoms with Crippen LogP contribution in [0, 0.1) is 0 Å². The number of ketones is 1.